The number of hydrogen-bond donors (Lipinski definition) is 0. The van der Waals surface area contributed by atoms with Crippen molar-refractivity contribution in [3.63, 3.8) is 0 Å². The number of benzene rings is 3. The summed E-state index contributed by atoms with van der Waals surface area (Å²) in [7, 11) is 1.75. The molecular weight excluding hydrogens is 354 g/mol. The van der Waals surface area contributed by atoms with Gasteiger partial charge in [0.2, 0.25) is 0 Å². The van der Waals surface area contributed by atoms with Crippen LogP contribution in [-0.2, 0) is 11.3 Å². The first-order chi connectivity index (χ1) is 13.6. The number of hydrogen-bond acceptors (Lipinski definition) is 4. The van der Waals surface area contributed by atoms with Crippen LogP contribution in [0.1, 0.15) is 5.56 Å². The van der Waals surface area contributed by atoms with E-state index in [-0.39, 0.29) is 12.5 Å². The molecule has 0 saturated carbocycles. The summed E-state index contributed by atoms with van der Waals surface area (Å²) in [6.45, 7) is 0.409. The van der Waals surface area contributed by atoms with Gasteiger partial charge in [0.1, 0.15) is 11.3 Å². The molecule has 4 aromatic rings. The van der Waals surface area contributed by atoms with E-state index in [1.54, 1.807) is 36.2 Å². The molecular formula is C23H19NO4. The number of rotatable bonds is 5. The summed E-state index contributed by atoms with van der Waals surface area (Å²) in [5.41, 5.74) is 1.07. The van der Waals surface area contributed by atoms with Crippen molar-refractivity contribution < 1.29 is 13.9 Å². The lowest BCUT2D eigenvalue weighted by Crippen LogP contribution is -2.30. The van der Waals surface area contributed by atoms with Crippen molar-refractivity contribution in [1.29, 1.82) is 0 Å². The van der Waals surface area contributed by atoms with Gasteiger partial charge in [0, 0.05) is 31.1 Å². The fourth-order valence-electron chi connectivity index (χ4n) is 3.09. The van der Waals surface area contributed by atoms with E-state index in [1.165, 1.54) is 11.5 Å². The quantitative estimate of drug-likeness (QED) is 0.497. The highest BCUT2D eigenvalue weighted by molar-refractivity contribution is 5.83. The molecule has 0 saturated heterocycles. The summed E-state index contributed by atoms with van der Waals surface area (Å²) < 4.78 is 10.7. The normalized spacial score (nSPS) is 10.9. The number of ether oxygens (including phenoxy) is 1. The minimum absolute atomic E-state index is 0.0906. The zero-order valence-electron chi connectivity index (χ0n) is 15.4. The van der Waals surface area contributed by atoms with Crippen molar-refractivity contribution in [2.75, 3.05) is 13.7 Å². The molecule has 1 aromatic heterocycles. The summed E-state index contributed by atoms with van der Waals surface area (Å²) in [4.78, 5) is 25.4. The van der Waals surface area contributed by atoms with E-state index in [9.17, 15) is 9.59 Å². The Labute approximate surface area is 161 Å². The van der Waals surface area contributed by atoms with Gasteiger partial charge in [-0.1, -0.05) is 36.4 Å². The summed E-state index contributed by atoms with van der Waals surface area (Å²) in [6, 6.07) is 22.5. The van der Waals surface area contributed by atoms with Crippen LogP contribution in [0.4, 0.5) is 0 Å². The molecule has 4 rings (SSSR count). The van der Waals surface area contributed by atoms with Crippen LogP contribution >= 0.6 is 0 Å². The molecule has 0 aliphatic heterocycles. The van der Waals surface area contributed by atoms with Crippen LogP contribution in [0, 0.1) is 0 Å². The zero-order valence-corrected chi connectivity index (χ0v) is 15.4. The molecule has 0 N–H and O–H groups in total. The Balaban J connectivity index is 1.40. The lowest BCUT2D eigenvalue weighted by atomic mass is 10.1. The van der Waals surface area contributed by atoms with Gasteiger partial charge >= 0.3 is 5.63 Å². The molecule has 0 radical (unpaired) electrons. The molecule has 0 bridgehead atoms. The third-order valence-electron chi connectivity index (χ3n) is 4.62. The second-order valence-electron chi connectivity index (χ2n) is 6.67. The lowest BCUT2D eigenvalue weighted by molar-refractivity contribution is -0.132. The Morgan fingerprint density at radius 1 is 0.929 bits per heavy atom. The molecule has 5 heteroatoms. The third kappa shape index (κ3) is 3.88. The predicted molar refractivity (Wildman–Crippen MR) is 108 cm³/mol. The van der Waals surface area contributed by atoms with Gasteiger partial charge in [-0.3, -0.25) is 4.79 Å². The first-order valence-corrected chi connectivity index (χ1v) is 8.97. The number of carbonyl (C=O) groups is 1. The van der Waals surface area contributed by atoms with Crippen LogP contribution in [0.15, 0.2) is 82.0 Å². The van der Waals surface area contributed by atoms with Gasteiger partial charge in [0.25, 0.3) is 5.91 Å². The average molecular weight is 373 g/mol. The molecule has 0 spiro atoms. The molecule has 0 unspecified atom stereocenters. The summed E-state index contributed by atoms with van der Waals surface area (Å²) >= 11 is 0. The third-order valence-corrected chi connectivity index (χ3v) is 4.62. The average Bonchev–Trinajstić information content (AvgIpc) is 2.71. The first kappa shape index (κ1) is 17.8. The van der Waals surface area contributed by atoms with E-state index < -0.39 is 5.63 Å². The number of amides is 1. The van der Waals surface area contributed by atoms with Crippen molar-refractivity contribution in [3.8, 4) is 5.75 Å². The van der Waals surface area contributed by atoms with Gasteiger partial charge in [-0.05, 0) is 40.6 Å². The van der Waals surface area contributed by atoms with Crippen molar-refractivity contribution in [2.45, 2.75) is 6.54 Å². The Morgan fingerprint density at radius 2 is 1.68 bits per heavy atom. The van der Waals surface area contributed by atoms with Gasteiger partial charge in [-0.25, -0.2) is 4.79 Å². The van der Waals surface area contributed by atoms with E-state index >= 15 is 0 Å². The highest BCUT2D eigenvalue weighted by Crippen LogP contribution is 2.20. The molecule has 5 nitrogen and oxygen atoms in total. The van der Waals surface area contributed by atoms with Gasteiger partial charge in [-0.2, -0.15) is 0 Å². The van der Waals surface area contributed by atoms with E-state index in [4.69, 9.17) is 9.15 Å². The number of likely N-dealkylation sites (N-methyl/N-ethyl adjacent to an activating group) is 1. The second kappa shape index (κ2) is 7.56. The Hall–Kier alpha value is -3.60. The summed E-state index contributed by atoms with van der Waals surface area (Å²) in [5.74, 6) is 0.345. The smallest absolute Gasteiger partial charge is 0.336 e. The van der Waals surface area contributed by atoms with E-state index in [0.717, 1.165) is 16.3 Å². The van der Waals surface area contributed by atoms with Gasteiger partial charge in [-0.15, -0.1) is 0 Å². The Kier molecular flexibility index (Phi) is 4.81. The van der Waals surface area contributed by atoms with Gasteiger partial charge < -0.3 is 14.1 Å². The fourth-order valence-corrected chi connectivity index (χ4v) is 3.09. The Morgan fingerprint density at radius 3 is 2.54 bits per heavy atom. The maximum absolute atomic E-state index is 12.4. The molecule has 1 heterocycles. The number of carbonyl (C=O) groups excluding carboxylic acids is 1. The van der Waals surface area contributed by atoms with Crippen molar-refractivity contribution in [1.82, 2.24) is 4.90 Å². The molecule has 0 fully saturated rings. The zero-order chi connectivity index (χ0) is 19.5. The van der Waals surface area contributed by atoms with Crippen molar-refractivity contribution in [2.24, 2.45) is 0 Å². The van der Waals surface area contributed by atoms with Gasteiger partial charge in [0.15, 0.2) is 6.61 Å². The summed E-state index contributed by atoms with van der Waals surface area (Å²) in [6.07, 6.45) is 0. The maximum atomic E-state index is 12.4. The minimum Gasteiger partial charge on any atom is -0.484 e. The molecule has 3 aromatic carbocycles. The SMILES string of the molecule is CN(Cc1ccc2ccccc2c1)C(=O)COc1ccc2ccc(=O)oc2c1. The molecule has 0 aliphatic rings. The van der Waals surface area contributed by atoms with Crippen LogP contribution in [-0.4, -0.2) is 24.5 Å². The van der Waals surface area contributed by atoms with Crippen LogP contribution in [0.2, 0.25) is 0 Å². The fraction of sp³-hybridized carbons (Fsp3) is 0.130. The van der Waals surface area contributed by atoms with E-state index in [0.29, 0.717) is 17.9 Å². The van der Waals surface area contributed by atoms with Crippen LogP contribution in [0.5, 0.6) is 5.75 Å². The van der Waals surface area contributed by atoms with Crippen molar-refractivity contribution >= 4 is 27.6 Å². The number of fused-ring (bicyclic) bond motifs is 2. The monoisotopic (exact) mass is 373 g/mol. The molecule has 1 amide bonds. The second-order valence-corrected chi connectivity index (χ2v) is 6.67. The maximum Gasteiger partial charge on any atom is 0.336 e. The highest BCUT2D eigenvalue weighted by atomic mass is 16.5. The predicted octanol–water partition coefficient (Wildman–Crippen LogP) is 3.98. The summed E-state index contributed by atoms with van der Waals surface area (Å²) in [5, 5.41) is 3.12. The minimum atomic E-state index is -0.421. The molecule has 0 atom stereocenters. The largest absolute Gasteiger partial charge is 0.484 e. The van der Waals surface area contributed by atoms with Crippen LogP contribution in [0.25, 0.3) is 21.7 Å². The van der Waals surface area contributed by atoms with E-state index in [1.807, 2.05) is 18.2 Å². The van der Waals surface area contributed by atoms with E-state index in [2.05, 4.69) is 24.3 Å². The molecule has 140 valence electrons. The standard InChI is InChI=1S/C23H19NO4/c1-24(14-16-6-7-17-4-2-3-5-19(17)12-16)22(25)15-27-20-10-8-18-9-11-23(26)28-21(18)13-20/h2-13H,14-15H2,1H3. The molecule has 28 heavy (non-hydrogen) atoms. The topological polar surface area (TPSA) is 59.8 Å². The highest BCUT2D eigenvalue weighted by Gasteiger charge is 2.11. The lowest BCUT2D eigenvalue weighted by Gasteiger charge is -2.18. The van der Waals surface area contributed by atoms with Crippen LogP contribution < -0.4 is 10.4 Å². The Bertz CT molecular complexity index is 1210. The van der Waals surface area contributed by atoms with Crippen LogP contribution in [0.3, 0.4) is 0 Å². The van der Waals surface area contributed by atoms with Gasteiger partial charge in [0.05, 0.1) is 0 Å². The first-order valence-electron chi connectivity index (χ1n) is 8.97. The number of nitrogens with zero attached hydrogens (tertiary/aromatic N) is 1. The molecule has 0 aliphatic carbocycles. The van der Waals surface area contributed by atoms with Crippen molar-refractivity contribution in [3.05, 3.63) is 88.8 Å².